The molecule has 0 aliphatic rings. The van der Waals surface area contributed by atoms with E-state index in [0.29, 0.717) is 4.90 Å². The topological polar surface area (TPSA) is 35.8 Å². The number of alkyl halides is 3. The number of rotatable bonds is 2. The lowest BCUT2D eigenvalue weighted by molar-refractivity contribution is -0.137. The third-order valence-corrected chi connectivity index (χ3v) is 3.86. The zero-order valence-electron chi connectivity index (χ0n) is 11.3. The van der Waals surface area contributed by atoms with Crippen molar-refractivity contribution in [1.82, 2.24) is 0 Å². The first-order chi connectivity index (χ1) is 10.8. The van der Waals surface area contributed by atoms with Gasteiger partial charge in [-0.3, -0.25) is 0 Å². The first kappa shape index (κ1) is 17.2. The number of thioether (sulfide) groups is 1. The van der Waals surface area contributed by atoms with Gasteiger partial charge in [-0.25, -0.2) is 4.39 Å². The second-order valence-electron chi connectivity index (χ2n) is 4.34. The van der Waals surface area contributed by atoms with E-state index in [1.807, 2.05) is 0 Å². The van der Waals surface area contributed by atoms with E-state index in [1.54, 1.807) is 0 Å². The van der Waals surface area contributed by atoms with E-state index in [-0.39, 0.29) is 10.0 Å². The van der Waals surface area contributed by atoms with Gasteiger partial charge in [0.05, 0.1) is 17.2 Å². The van der Waals surface area contributed by atoms with Gasteiger partial charge >= 0.3 is 6.18 Å². The Morgan fingerprint density at radius 1 is 1.13 bits per heavy atom. The van der Waals surface area contributed by atoms with Crippen LogP contribution in [0, 0.1) is 17.1 Å². The molecule has 0 amide bonds. The lowest BCUT2D eigenvalue weighted by Gasteiger charge is -2.12. The molecule has 0 aromatic heterocycles. The maximum absolute atomic E-state index is 12.9. The number of hydrogen-bond acceptors (Lipinski definition) is 3. The second-order valence-corrected chi connectivity index (χ2v) is 6.09. The van der Waals surface area contributed by atoms with Crippen LogP contribution in [0.5, 0.6) is 0 Å². The fraction of sp³-hybridized carbons (Fsp3) is 0.0667. The van der Waals surface area contributed by atoms with Crippen molar-refractivity contribution in [3.05, 3.63) is 59.4 Å². The zero-order valence-corrected chi connectivity index (χ0v) is 13.0. The van der Waals surface area contributed by atoms with Crippen LogP contribution in [0.25, 0.3) is 0 Å². The summed E-state index contributed by atoms with van der Waals surface area (Å²) in [5.41, 5.74) is -1.37. The fourth-order valence-electron chi connectivity index (χ4n) is 1.71. The maximum atomic E-state index is 12.9. The van der Waals surface area contributed by atoms with Gasteiger partial charge in [-0.1, -0.05) is 24.0 Å². The number of halogens is 4. The van der Waals surface area contributed by atoms with E-state index in [9.17, 15) is 17.6 Å². The summed E-state index contributed by atoms with van der Waals surface area (Å²) in [5.74, 6) is -0.393. The Balaban J connectivity index is 2.15. The average molecular weight is 356 g/mol. The predicted molar refractivity (Wildman–Crippen MR) is 84.6 cm³/mol. The summed E-state index contributed by atoms with van der Waals surface area (Å²) in [6, 6.07) is 10.3. The maximum Gasteiger partial charge on any atom is 0.417 e. The Morgan fingerprint density at radius 3 is 2.35 bits per heavy atom. The molecule has 2 aromatic rings. The van der Waals surface area contributed by atoms with Crippen LogP contribution in [-0.4, -0.2) is 4.32 Å². The van der Waals surface area contributed by atoms with Crippen molar-refractivity contribution in [2.24, 2.45) is 0 Å². The highest BCUT2D eigenvalue weighted by molar-refractivity contribution is 8.23. The Kier molecular flexibility index (Phi) is 5.23. The Bertz CT molecular complexity index is 765. The summed E-state index contributed by atoms with van der Waals surface area (Å²) in [5, 5.41) is 11.4. The van der Waals surface area contributed by atoms with Gasteiger partial charge in [0.15, 0.2) is 0 Å². The highest BCUT2D eigenvalue weighted by atomic mass is 32.2. The lowest BCUT2D eigenvalue weighted by Crippen LogP contribution is -2.10. The smallest absolute Gasteiger partial charge is 0.341 e. The van der Waals surface area contributed by atoms with Gasteiger partial charge in [-0.2, -0.15) is 18.4 Å². The van der Waals surface area contributed by atoms with Crippen LogP contribution in [0.2, 0.25) is 0 Å². The Morgan fingerprint density at radius 2 is 1.78 bits per heavy atom. The van der Waals surface area contributed by atoms with Crippen LogP contribution < -0.4 is 5.32 Å². The molecule has 0 radical (unpaired) electrons. The molecular formula is C15H8F4N2S2. The van der Waals surface area contributed by atoms with E-state index in [4.69, 9.17) is 17.5 Å². The minimum absolute atomic E-state index is 0.121. The molecule has 0 fully saturated rings. The minimum atomic E-state index is -4.63. The third-order valence-electron chi connectivity index (χ3n) is 2.72. The molecule has 0 spiro atoms. The van der Waals surface area contributed by atoms with Crippen LogP contribution in [-0.2, 0) is 6.18 Å². The third kappa shape index (κ3) is 4.68. The van der Waals surface area contributed by atoms with Crippen LogP contribution in [0.15, 0.2) is 47.4 Å². The van der Waals surface area contributed by atoms with Crippen molar-refractivity contribution in [3.8, 4) is 6.07 Å². The standard InChI is InChI=1S/C15H8F4N2S2/c16-10-2-5-12(6-3-10)23-14(22)21-11-4-1-9(8-20)13(7-11)15(17,18)19/h1-7H,(H,21,22). The highest BCUT2D eigenvalue weighted by Crippen LogP contribution is 2.34. The van der Waals surface area contributed by atoms with Gasteiger partial charge < -0.3 is 5.32 Å². The van der Waals surface area contributed by atoms with Gasteiger partial charge in [0.1, 0.15) is 10.1 Å². The Hall–Kier alpha value is -2.11. The van der Waals surface area contributed by atoms with Gasteiger partial charge in [-0.05, 0) is 42.5 Å². The van der Waals surface area contributed by atoms with E-state index >= 15 is 0 Å². The molecular weight excluding hydrogens is 348 g/mol. The first-order valence-electron chi connectivity index (χ1n) is 6.15. The molecule has 0 aliphatic carbocycles. The second kappa shape index (κ2) is 6.98. The number of nitriles is 1. The van der Waals surface area contributed by atoms with Gasteiger partial charge in [0.2, 0.25) is 0 Å². The fourth-order valence-corrected chi connectivity index (χ4v) is 2.77. The van der Waals surface area contributed by atoms with Gasteiger partial charge in [0, 0.05) is 10.6 Å². The molecule has 0 heterocycles. The van der Waals surface area contributed by atoms with E-state index in [2.05, 4.69) is 5.32 Å². The highest BCUT2D eigenvalue weighted by Gasteiger charge is 2.33. The quantitative estimate of drug-likeness (QED) is 0.455. The molecule has 0 saturated carbocycles. The van der Waals surface area contributed by atoms with Crippen molar-refractivity contribution < 1.29 is 17.6 Å². The number of hydrogen-bond donors (Lipinski definition) is 1. The number of nitrogens with zero attached hydrogens (tertiary/aromatic N) is 1. The summed E-state index contributed by atoms with van der Waals surface area (Å²) in [4.78, 5) is 0.647. The molecule has 118 valence electrons. The zero-order chi connectivity index (χ0) is 17.0. The number of thiocarbonyl (C=S) groups is 1. The SMILES string of the molecule is N#Cc1ccc(NC(=S)Sc2ccc(F)cc2)cc1C(F)(F)F. The summed E-state index contributed by atoms with van der Waals surface area (Å²) < 4.78 is 51.7. The van der Waals surface area contributed by atoms with E-state index in [0.717, 1.165) is 23.9 Å². The molecule has 0 saturated heterocycles. The average Bonchev–Trinajstić information content (AvgIpc) is 2.48. The van der Waals surface area contributed by atoms with Crippen LogP contribution in [0.1, 0.15) is 11.1 Å². The van der Waals surface area contributed by atoms with Gasteiger partial charge in [-0.15, -0.1) is 0 Å². The molecule has 0 aliphatic heterocycles. The van der Waals surface area contributed by atoms with Crippen LogP contribution in [0.4, 0.5) is 23.2 Å². The summed E-state index contributed by atoms with van der Waals surface area (Å²) >= 11 is 6.14. The molecule has 1 N–H and O–H groups in total. The van der Waals surface area contributed by atoms with E-state index < -0.39 is 23.1 Å². The number of anilines is 1. The van der Waals surface area contributed by atoms with E-state index in [1.165, 1.54) is 36.4 Å². The number of benzene rings is 2. The molecule has 23 heavy (non-hydrogen) atoms. The van der Waals surface area contributed by atoms with Crippen molar-refractivity contribution in [3.63, 3.8) is 0 Å². The summed E-state index contributed by atoms with van der Waals surface area (Å²) in [6.07, 6.45) is -4.63. The molecule has 2 aromatic carbocycles. The summed E-state index contributed by atoms with van der Waals surface area (Å²) in [7, 11) is 0. The first-order valence-corrected chi connectivity index (χ1v) is 7.38. The summed E-state index contributed by atoms with van der Waals surface area (Å²) in [6.45, 7) is 0. The predicted octanol–water partition coefficient (Wildman–Crippen LogP) is 5.21. The normalized spacial score (nSPS) is 10.9. The number of nitrogens with one attached hydrogen (secondary N) is 1. The molecule has 8 heteroatoms. The van der Waals surface area contributed by atoms with Crippen molar-refractivity contribution >= 4 is 34.0 Å². The van der Waals surface area contributed by atoms with Crippen molar-refractivity contribution in [2.45, 2.75) is 11.1 Å². The van der Waals surface area contributed by atoms with Crippen LogP contribution in [0.3, 0.4) is 0 Å². The van der Waals surface area contributed by atoms with Crippen molar-refractivity contribution in [2.75, 3.05) is 5.32 Å². The Labute approximate surface area is 139 Å². The molecule has 0 unspecified atom stereocenters. The molecule has 2 nitrogen and oxygen atoms in total. The van der Waals surface area contributed by atoms with Crippen LogP contribution >= 0.6 is 24.0 Å². The molecule has 0 atom stereocenters. The lowest BCUT2D eigenvalue weighted by atomic mass is 10.1. The monoisotopic (exact) mass is 356 g/mol. The molecule has 2 rings (SSSR count). The molecule has 0 bridgehead atoms. The van der Waals surface area contributed by atoms with Crippen molar-refractivity contribution in [1.29, 1.82) is 5.26 Å². The minimum Gasteiger partial charge on any atom is -0.341 e. The van der Waals surface area contributed by atoms with Gasteiger partial charge in [0.25, 0.3) is 0 Å². The largest absolute Gasteiger partial charge is 0.417 e.